The molecule has 0 bridgehead atoms. The summed E-state index contributed by atoms with van der Waals surface area (Å²) in [5, 5.41) is 0.633. The van der Waals surface area contributed by atoms with Crippen LogP contribution in [-0.4, -0.2) is 44.0 Å². The maximum Gasteiger partial charge on any atom is 0.243 e. The zero-order valence-electron chi connectivity index (χ0n) is 15.9. The lowest BCUT2D eigenvalue weighted by atomic mass is 10.2. The van der Waals surface area contributed by atoms with Gasteiger partial charge in [0.25, 0.3) is 0 Å². The Labute approximate surface area is 175 Å². The Morgan fingerprint density at radius 1 is 1.18 bits per heavy atom. The Kier molecular flexibility index (Phi) is 6.70. The number of carbonyl (C=O) groups is 1. The monoisotopic (exact) mass is 438 g/mol. The normalized spacial score (nSPS) is 13.8. The molecule has 8 heteroatoms. The van der Waals surface area contributed by atoms with Gasteiger partial charge in [0.1, 0.15) is 0 Å². The zero-order valence-corrected chi connectivity index (χ0v) is 18.3. The van der Waals surface area contributed by atoms with Crippen LogP contribution in [0.3, 0.4) is 0 Å². The van der Waals surface area contributed by atoms with Crippen LogP contribution < -0.4 is 4.90 Å². The molecule has 0 aliphatic carbocycles. The summed E-state index contributed by atoms with van der Waals surface area (Å²) < 4.78 is 26.9. The highest BCUT2D eigenvalue weighted by Gasteiger charge is 2.28. The van der Waals surface area contributed by atoms with Crippen molar-refractivity contribution in [2.24, 2.45) is 0 Å². The van der Waals surface area contributed by atoms with Crippen LogP contribution in [0.2, 0.25) is 5.02 Å². The van der Waals surface area contributed by atoms with Crippen molar-refractivity contribution in [3.8, 4) is 0 Å². The van der Waals surface area contributed by atoms with Gasteiger partial charge in [-0.25, -0.2) is 8.42 Å². The van der Waals surface area contributed by atoms with Crippen molar-refractivity contribution in [2.45, 2.75) is 30.1 Å². The molecular weight excluding hydrogens is 416 g/mol. The van der Waals surface area contributed by atoms with E-state index in [4.69, 9.17) is 11.6 Å². The van der Waals surface area contributed by atoms with E-state index in [1.54, 1.807) is 29.2 Å². The summed E-state index contributed by atoms with van der Waals surface area (Å²) in [5.74, 6) is 0.269. The lowest BCUT2D eigenvalue weighted by Gasteiger charge is -2.20. The second-order valence-corrected chi connectivity index (χ2v) is 9.76. The third-order valence-electron chi connectivity index (χ3n) is 4.78. The van der Waals surface area contributed by atoms with Crippen molar-refractivity contribution >= 4 is 45.0 Å². The largest absolute Gasteiger partial charge is 0.311 e. The van der Waals surface area contributed by atoms with Crippen LogP contribution in [-0.2, 0) is 21.2 Å². The van der Waals surface area contributed by atoms with Crippen LogP contribution >= 0.6 is 23.4 Å². The molecule has 1 aliphatic rings. The second-order valence-electron chi connectivity index (χ2n) is 6.39. The Morgan fingerprint density at radius 3 is 2.57 bits per heavy atom. The average molecular weight is 439 g/mol. The topological polar surface area (TPSA) is 57.7 Å². The predicted octanol–water partition coefficient (Wildman–Crippen LogP) is 4.05. The molecular formula is C20H23ClN2O3S2. The van der Waals surface area contributed by atoms with Gasteiger partial charge < -0.3 is 4.90 Å². The van der Waals surface area contributed by atoms with Crippen LogP contribution in [0.25, 0.3) is 0 Å². The van der Waals surface area contributed by atoms with E-state index in [-0.39, 0.29) is 16.6 Å². The van der Waals surface area contributed by atoms with Crippen molar-refractivity contribution in [3.63, 3.8) is 0 Å². The number of amides is 1. The highest BCUT2D eigenvalue weighted by molar-refractivity contribution is 8.00. The molecule has 0 fully saturated rings. The second kappa shape index (κ2) is 8.86. The van der Waals surface area contributed by atoms with Gasteiger partial charge in [-0.15, -0.1) is 11.8 Å². The SMILES string of the molecule is CCN(CC)S(=O)(=O)c1ccc2c(c1)CCN2C(=O)CSc1ccccc1Cl. The summed E-state index contributed by atoms with van der Waals surface area (Å²) in [7, 11) is -3.50. The molecule has 3 rings (SSSR count). The van der Waals surface area contributed by atoms with Crippen molar-refractivity contribution in [2.75, 3.05) is 30.3 Å². The van der Waals surface area contributed by atoms with Gasteiger partial charge in [0.2, 0.25) is 15.9 Å². The van der Waals surface area contributed by atoms with Crippen LogP contribution in [0.15, 0.2) is 52.3 Å². The van der Waals surface area contributed by atoms with E-state index in [2.05, 4.69) is 0 Å². The predicted molar refractivity (Wildman–Crippen MR) is 115 cm³/mol. The number of nitrogens with zero attached hydrogens (tertiary/aromatic N) is 2. The first-order valence-corrected chi connectivity index (χ1v) is 12.0. The summed E-state index contributed by atoms with van der Waals surface area (Å²) in [6.45, 7) is 5.07. The van der Waals surface area contributed by atoms with Gasteiger partial charge in [-0.1, -0.05) is 37.6 Å². The van der Waals surface area contributed by atoms with E-state index >= 15 is 0 Å². The smallest absolute Gasteiger partial charge is 0.243 e. The van der Waals surface area contributed by atoms with E-state index < -0.39 is 10.0 Å². The van der Waals surface area contributed by atoms with Gasteiger partial charge >= 0.3 is 0 Å². The van der Waals surface area contributed by atoms with Gasteiger partial charge in [-0.05, 0) is 42.3 Å². The number of thioether (sulfide) groups is 1. The lowest BCUT2D eigenvalue weighted by molar-refractivity contribution is -0.116. The maximum absolute atomic E-state index is 12.7. The van der Waals surface area contributed by atoms with Crippen molar-refractivity contribution < 1.29 is 13.2 Å². The molecule has 0 spiro atoms. The van der Waals surface area contributed by atoms with E-state index in [1.165, 1.54) is 16.1 Å². The Hall–Kier alpha value is -1.54. The molecule has 2 aromatic rings. The first-order valence-electron chi connectivity index (χ1n) is 9.19. The average Bonchev–Trinajstić information content (AvgIpc) is 3.11. The quantitative estimate of drug-likeness (QED) is 0.612. The van der Waals surface area contributed by atoms with Gasteiger partial charge in [-0.3, -0.25) is 4.79 Å². The van der Waals surface area contributed by atoms with E-state index in [9.17, 15) is 13.2 Å². The molecule has 0 N–H and O–H groups in total. The van der Waals surface area contributed by atoms with E-state index in [0.717, 1.165) is 16.1 Å². The molecule has 5 nitrogen and oxygen atoms in total. The number of hydrogen-bond donors (Lipinski definition) is 0. The minimum absolute atomic E-state index is 0.0111. The van der Waals surface area contributed by atoms with Crippen molar-refractivity contribution in [1.82, 2.24) is 4.31 Å². The molecule has 0 atom stereocenters. The maximum atomic E-state index is 12.7. The van der Waals surface area contributed by atoms with Crippen LogP contribution in [0.1, 0.15) is 19.4 Å². The molecule has 0 unspecified atom stereocenters. The van der Waals surface area contributed by atoms with E-state index in [0.29, 0.717) is 31.1 Å². The number of halogens is 1. The molecule has 28 heavy (non-hydrogen) atoms. The highest BCUT2D eigenvalue weighted by Crippen LogP contribution is 2.33. The molecule has 0 saturated heterocycles. The van der Waals surface area contributed by atoms with Crippen molar-refractivity contribution in [3.05, 3.63) is 53.1 Å². The van der Waals surface area contributed by atoms with E-state index in [1.807, 2.05) is 32.0 Å². The van der Waals surface area contributed by atoms with Gasteiger partial charge in [0.15, 0.2) is 0 Å². The summed E-state index contributed by atoms with van der Waals surface area (Å²) in [6, 6.07) is 12.5. The van der Waals surface area contributed by atoms with Crippen LogP contribution in [0.4, 0.5) is 5.69 Å². The molecule has 150 valence electrons. The standard InChI is InChI=1S/C20H23ClN2O3S2/c1-3-22(4-2)28(25,26)16-9-10-18-15(13-16)11-12-23(18)20(24)14-27-19-8-6-5-7-17(19)21/h5-10,13H,3-4,11-12,14H2,1-2H3. The molecule has 1 heterocycles. The lowest BCUT2D eigenvalue weighted by Crippen LogP contribution is -2.31. The molecule has 1 amide bonds. The number of fused-ring (bicyclic) bond motifs is 1. The van der Waals surface area contributed by atoms with Gasteiger partial charge in [0, 0.05) is 30.2 Å². The third-order valence-corrected chi connectivity index (χ3v) is 8.32. The summed E-state index contributed by atoms with van der Waals surface area (Å²) >= 11 is 7.56. The summed E-state index contributed by atoms with van der Waals surface area (Å²) in [6.07, 6.45) is 0.652. The van der Waals surface area contributed by atoms with Gasteiger partial charge in [0.05, 0.1) is 15.7 Å². The fourth-order valence-electron chi connectivity index (χ4n) is 3.29. The first-order chi connectivity index (χ1) is 13.4. The first kappa shape index (κ1) is 21.2. The van der Waals surface area contributed by atoms with Crippen LogP contribution in [0, 0.1) is 0 Å². The Balaban J connectivity index is 1.76. The summed E-state index contributed by atoms with van der Waals surface area (Å²) in [5.41, 5.74) is 1.69. The number of benzene rings is 2. The zero-order chi connectivity index (χ0) is 20.3. The van der Waals surface area contributed by atoms with Crippen LogP contribution in [0.5, 0.6) is 0 Å². The minimum Gasteiger partial charge on any atom is -0.311 e. The van der Waals surface area contributed by atoms with Gasteiger partial charge in [-0.2, -0.15) is 4.31 Å². The Morgan fingerprint density at radius 2 is 1.89 bits per heavy atom. The number of sulfonamides is 1. The summed E-state index contributed by atoms with van der Waals surface area (Å²) in [4.78, 5) is 15.6. The van der Waals surface area contributed by atoms with Crippen molar-refractivity contribution in [1.29, 1.82) is 0 Å². The molecule has 1 aliphatic heterocycles. The third kappa shape index (κ3) is 4.22. The fraction of sp³-hybridized carbons (Fsp3) is 0.350. The highest BCUT2D eigenvalue weighted by atomic mass is 35.5. The minimum atomic E-state index is -3.50. The Bertz CT molecular complexity index is 975. The number of anilines is 1. The number of rotatable bonds is 7. The molecule has 0 radical (unpaired) electrons. The molecule has 0 aromatic heterocycles. The number of carbonyl (C=O) groups excluding carboxylic acids is 1. The fourth-order valence-corrected chi connectivity index (χ4v) is 5.91. The molecule has 2 aromatic carbocycles. The number of hydrogen-bond acceptors (Lipinski definition) is 4. The molecule has 0 saturated carbocycles.